The Kier molecular flexibility index (Phi) is 5.25. The first kappa shape index (κ1) is 19.2. The highest BCUT2D eigenvalue weighted by Crippen LogP contribution is 2.59. The van der Waals surface area contributed by atoms with E-state index in [1.807, 2.05) is 12.1 Å². The molecule has 0 unspecified atom stereocenters. The van der Waals surface area contributed by atoms with E-state index in [4.69, 9.17) is 4.74 Å². The Bertz CT molecular complexity index is 1000. The Morgan fingerprint density at radius 2 is 1.20 bits per heavy atom. The Hall–Kier alpha value is -2.74. The lowest BCUT2D eigenvalue weighted by atomic mass is 9.60. The number of hydrogen-bond donors (Lipinski definition) is 1. The highest BCUT2D eigenvalue weighted by Gasteiger charge is 2.44. The standard InChI is InChI=1S/C28H30O2/c1-2-3-4-5-6-11-18-30-24-17-16-23(29)27-25-19-12-7-9-14-21(19)26(28(24)27)22-15-10-8-13-20(22)25/h7-10,12-17,25-26,29H,2-6,11,18H2,1H3. The third kappa shape index (κ3) is 3.10. The van der Waals surface area contributed by atoms with Crippen LogP contribution in [0.25, 0.3) is 0 Å². The monoisotopic (exact) mass is 398 g/mol. The van der Waals surface area contributed by atoms with Crippen LogP contribution in [0.4, 0.5) is 0 Å². The van der Waals surface area contributed by atoms with E-state index in [9.17, 15) is 5.11 Å². The fourth-order valence-electron chi connectivity index (χ4n) is 5.43. The molecule has 30 heavy (non-hydrogen) atoms. The van der Waals surface area contributed by atoms with E-state index < -0.39 is 0 Å². The van der Waals surface area contributed by atoms with Crippen LogP contribution in [-0.4, -0.2) is 11.7 Å². The molecule has 3 aromatic carbocycles. The van der Waals surface area contributed by atoms with Gasteiger partial charge in [-0.15, -0.1) is 0 Å². The van der Waals surface area contributed by atoms with E-state index in [2.05, 4.69) is 55.5 Å². The maximum Gasteiger partial charge on any atom is 0.124 e. The van der Waals surface area contributed by atoms with Gasteiger partial charge in [0.25, 0.3) is 0 Å². The van der Waals surface area contributed by atoms with Crippen LogP contribution in [0.5, 0.6) is 11.5 Å². The van der Waals surface area contributed by atoms with Crippen molar-refractivity contribution in [2.24, 2.45) is 0 Å². The molecule has 0 amide bonds. The number of hydrogen-bond acceptors (Lipinski definition) is 2. The molecular formula is C28H30O2. The highest BCUT2D eigenvalue weighted by atomic mass is 16.5. The summed E-state index contributed by atoms with van der Waals surface area (Å²) < 4.78 is 6.34. The largest absolute Gasteiger partial charge is 0.508 e. The van der Waals surface area contributed by atoms with Crippen LogP contribution < -0.4 is 4.74 Å². The first-order valence-electron chi connectivity index (χ1n) is 11.5. The predicted octanol–water partition coefficient (Wildman–Crippen LogP) is 7.12. The molecule has 0 radical (unpaired) electrons. The summed E-state index contributed by atoms with van der Waals surface area (Å²) in [5.74, 6) is 1.53. The zero-order valence-corrected chi connectivity index (χ0v) is 17.7. The van der Waals surface area contributed by atoms with Crippen molar-refractivity contribution in [1.82, 2.24) is 0 Å². The summed E-state index contributed by atoms with van der Waals surface area (Å²) in [7, 11) is 0. The van der Waals surface area contributed by atoms with Crippen LogP contribution >= 0.6 is 0 Å². The zero-order valence-electron chi connectivity index (χ0n) is 17.7. The highest BCUT2D eigenvalue weighted by molar-refractivity contribution is 5.72. The molecule has 3 aliphatic rings. The molecule has 2 nitrogen and oxygen atoms in total. The fourth-order valence-corrected chi connectivity index (χ4v) is 5.43. The van der Waals surface area contributed by atoms with E-state index in [-0.39, 0.29) is 11.8 Å². The number of phenolic OH excluding ortho intramolecular Hbond substituents is 1. The number of ether oxygens (including phenoxy) is 1. The van der Waals surface area contributed by atoms with Crippen molar-refractivity contribution in [2.45, 2.75) is 57.3 Å². The average molecular weight is 399 g/mol. The maximum absolute atomic E-state index is 10.9. The quantitative estimate of drug-likeness (QED) is 0.282. The SMILES string of the molecule is CCCCCCCCOc1ccc(O)c2c1C1c3ccccc3C2c2ccccc21. The van der Waals surface area contributed by atoms with Gasteiger partial charge in [0.05, 0.1) is 6.61 Å². The van der Waals surface area contributed by atoms with Crippen molar-refractivity contribution in [3.8, 4) is 11.5 Å². The Morgan fingerprint density at radius 1 is 0.667 bits per heavy atom. The molecule has 0 saturated heterocycles. The van der Waals surface area contributed by atoms with Gasteiger partial charge in [-0.2, -0.15) is 0 Å². The molecule has 3 aromatic rings. The molecule has 0 aliphatic heterocycles. The second kappa shape index (κ2) is 8.18. The van der Waals surface area contributed by atoms with Gasteiger partial charge >= 0.3 is 0 Å². The van der Waals surface area contributed by atoms with Crippen molar-refractivity contribution in [3.63, 3.8) is 0 Å². The topological polar surface area (TPSA) is 29.5 Å². The minimum Gasteiger partial charge on any atom is -0.508 e. The maximum atomic E-state index is 10.9. The van der Waals surface area contributed by atoms with Crippen LogP contribution in [0.15, 0.2) is 60.7 Å². The van der Waals surface area contributed by atoms with Gasteiger partial charge < -0.3 is 9.84 Å². The van der Waals surface area contributed by atoms with Crippen LogP contribution in [-0.2, 0) is 0 Å². The lowest BCUT2D eigenvalue weighted by Gasteiger charge is -2.42. The van der Waals surface area contributed by atoms with Crippen molar-refractivity contribution < 1.29 is 9.84 Å². The first-order valence-corrected chi connectivity index (χ1v) is 11.5. The lowest BCUT2D eigenvalue weighted by molar-refractivity contribution is 0.299. The van der Waals surface area contributed by atoms with E-state index in [0.29, 0.717) is 5.75 Å². The molecule has 0 saturated carbocycles. The number of rotatable bonds is 8. The molecule has 0 heterocycles. The number of benzene rings is 3. The minimum absolute atomic E-state index is 0.0787. The lowest BCUT2D eigenvalue weighted by Crippen LogP contribution is -2.28. The first-order chi connectivity index (χ1) is 14.8. The second-order valence-electron chi connectivity index (χ2n) is 8.65. The van der Waals surface area contributed by atoms with Gasteiger partial charge in [-0.25, -0.2) is 0 Å². The molecule has 1 N–H and O–H groups in total. The summed E-state index contributed by atoms with van der Waals surface area (Å²) in [6.45, 7) is 2.99. The molecule has 6 rings (SSSR count). The number of aromatic hydroxyl groups is 1. The summed E-state index contributed by atoms with van der Waals surface area (Å²) in [6.07, 6.45) is 7.52. The van der Waals surface area contributed by atoms with E-state index in [1.54, 1.807) is 0 Å². The molecule has 0 fully saturated rings. The van der Waals surface area contributed by atoms with Gasteiger partial charge in [0.15, 0.2) is 0 Å². The average Bonchev–Trinajstić information content (AvgIpc) is 2.79. The molecule has 2 heteroatoms. The van der Waals surface area contributed by atoms with Gasteiger partial charge in [0.2, 0.25) is 0 Å². The molecule has 3 aliphatic carbocycles. The summed E-state index contributed by atoms with van der Waals surface area (Å²) in [6, 6.07) is 21.2. The molecular weight excluding hydrogens is 368 g/mol. The van der Waals surface area contributed by atoms with Crippen LogP contribution in [0, 0.1) is 0 Å². The Labute approximate surface area is 179 Å². The van der Waals surface area contributed by atoms with Gasteiger partial charge in [-0.1, -0.05) is 87.6 Å². The van der Waals surface area contributed by atoms with Gasteiger partial charge in [-0.05, 0) is 40.8 Å². The summed E-state index contributed by atoms with van der Waals surface area (Å²) in [5, 5.41) is 10.9. The van der Waals surface area contributed by atoms with Gasteiger partial charge in [-0.3, -0.25) is 0 Å². The van der Waals surface area contributed by atoms with Gasteiger partial charge in [0.1, 0.15) is 11.5 Å². The summed E-state index contributed by atoms with van der Waals surface area (Å²) in [5.41, 5.74) is 7.54. The summed E-state index contributed by atoms with van der Waals surface area (Å²) in [4.78, 5) is 0. The predicted molar refractivity (Wildman–Crippen MR) is 122 cm³/mol. The van der Waals surface area contributed by atoms with Crippen LogP contribution in [0.3, 0.4) is 0 Å². The molecule has 0 atom stereocenters. The summed E-state index contributed by atoms with van der Waals surface area (Å²) >= 11 is 0. The minimum atomic E-state index is 0.0787. The van der Waals surface area contributed by atoms with Crippen molar-refractivity contribution in [2.75, 3.05) is 6.61 Å². The number of unbranched alkanes of at least 4 members (excludes halogenated alkanes) is 5. The molecule has 2 bridgehead atoms. The third-order valence-electron chi connectivity index (χ3n) is 6.79. The van der Waals surface area contributed by atoms with Crippen molar-refractivity contribution in [1.29, 1.82) is 0 Å². The molecule has 154 valence electrons. The fraction of sp³-hybridized carbons (Fsp3) is 0.357. The molecule has 0 spiro atoms. The Morgan fingerprint density at radius 3 is 1.80 bits per heavy atom. The second-order valence-corrected chi connectivity index (χ2v) is 8.65. The van der Waals surface area contributed by atoms with E-state index in [1.165, 1.54) is 59.9 Å². The Balaban J connectivity index is 1.48. The smallest absolute Gasteiger partial charge is 0.124 e. The van der Waals surface area contributed by atoms with Crippen LogP contribution in [0.2, 0.25) is 0 Å². The number of phenols is 1. The van der Waals surface area contributed by atoms with Crippen molar-refractivity contribution in [3.05, 3.63) is 94.0 Å². The van der Waals surface area contributed by atoms with Crippen molar-refractivity contribution >= 4 is 0 Å². The van der Waals surface area contributed by atoms with Gasteiger partial charge in [0, 0.05) is 23.0 Å². The zero-order chi connectivity index (χ0) is 20.5. The normalized spacial score (nSPS) is 17.9. The molecule has 0 aromatic heterocycles. The van der Waals surface area contributed by atoms with E-state index in [0.717, 1.165) is 24.3 Å². The third-order valence-corrected chi connectivity index (χ3v) is 6.79. The van der Waals surface area contributed by atoms with Crippen LogP contribution in [0.1, 0.15) is 90.7 Å². The van der Waals surface area contributed by atoms with E-state index >= 15 is 0 Å².